The molecule has 6 heteroatoms. The van der Waals surface area contributed by atoms with Crippen molar-refractivity contribution in [2.24, 2.45) is 11.8 Å². The summed E-state index contributed by atoms with van der Waals surface area (Å²) >= 11 is 0. The van der Waals surface area contributed by atoms with Crippen molar-refractivity contribution in [1.29, 1.82) is 0 Å². The molecule has 2 aromatic carbocycles. The van der Waals surface area contributed by atoms with Crippen LogP contribution in [-0.4, -0.2) is 41.5 Å². The topological polar surface area (TPSA) is 57.3 Å². The van der Waals surface area contributed by atoms with E-state index < -0.39 is 0 Å². The van der Waals surface area contributed by atoms with Crippen LogP contribution in [0.15, 0.2) is 60.8 Å². The number of fused-ring (bicyclic) bond motifs is 2. The first-order valence-electron chi connectivity index (χ1n) is 9.56. The van der Waals surface area contributed by atoms with E-state index in [1.807, 2.05) is 41.3 Å². The number of nitrogens with one attached hydrogen (secondary N) is 2. The minimum atomic E-state index is -0.262. The number of halogens is 1. The van der Waals surface area contributed by atoms with Crippen LogP contribution in [0.1, 0.15) is 0 Å². The highest BCUT2D eigenvalue weighted by atomic mass is 19.1. The van der Waals surface area contributed by atoms with E-state index in [-0.39, 0.29) is 11.7 Å². The minimum Gasteiger partial charge on any atom is -0.381 e. The molecule has 1 aliphatic carbocycles. The number of nitrogens with zero attached hydrogens (tertiary/aromatic N) is 2. The first-order valence-corrected chi connectivity index (χ1v) is 9.56. The molecule has 2 atom stereocenters. The summed E-state index contributed by atoms with van der Waals surface area (Å²) < 4.78 is 13.6. The molecule has 2 fully saturated rings. The molecular weight excluding hydrogens is 355 g/mol. The molecule has 28 heavy (non-hydrogen) atoms. The van der Waals surface area contributed by atoms with Gasteiger partial charge in [-0.25, -0.2) is 4.39 Å². The normalized spacial score (nSPS) is 22.8. The lowest BCUT2D eigenvalue weighted by Gasteiger charge is -2.21. The molecule has 0 radical (unpaired) electrons. The smallest absolute Gasteiger partial charge is 0.241 e. The highest BCUT2D eigenvalue weighted by Gasteiger charge is 2.56. The van der Waals surface area contributed by atoms with Crippen LogP contribution in [0.4, 0.5) is 15.8 Å². The second-order valence-electron chi connectivity index (χ2n) is 7.54. The number of hydrogen-bond donors (Lipinski definition) is 2. The summed E-state index contributed by atoms with van der Waals surface area (Å²) in [6, 6.07) is 16.6. The van der Waals surface area contributed by atoms with Gasteiger partial charge in [-0.15, -0.1) is 0 Å². The molecular formula is C22H21FN4O. The number of carbonyl (C=O) groups is 1. The van der Waals surface area contributed by atoms with E-state index in [9.17, 15) is 9.18 Å². The third-order valence-corrected chi connectivity index (χ3v) is 5.79. The maximum atomic E-state index is 13.6. The van der Waals surface area contributed by atoms with Gasteiger partial charge in [-0.1, -0.05) is 18.2 Å². The second kappa shape index (κ2) is 6.78. The highest BCUT2D eigenvalue weighted by molar-refractivity contribution is 5.91. The maximum absolute atomic E-state index is 13.6. The Morgan fingerprint density at radius 1 is 1.11 bits per heavy atom. The van der Waals surface area contributed by atoms with Gasteiger partial charge in [-0.05, 0) is 36.4 Å². The molecule has 1 aliphatic heterocycles. The number of rotatable bonds is 5. The lowest BCUT2D eigenvalue weighted by molar-refractivity contribution is -0.128. The zero-order chi connectivity index (χ0) is 19.1. The molecule has 0 bridgehead atoms. The van der Waals surface area contributed by atoms with Crippen LogP contribution >= 0.6 is 0 Å². The number of carbonyl (C=O) groups excluding carboxylic acids is 1. The van der Waals surface area contributed by atoms with Crippen LogP contribution in [0, 0.1) is 17.7 Å². The van der Waals surface area contributed by atoms with Gasteiger partial charge in [-0.3, -0.25) is 9.78 Å². The Morgan fingerprint density at radius 3 is 2.68 bits per heavy atom. The largest absolute Gasteiger partial charge is 0.381 e. The number of amides is 1. The van der Waals surface area contributed by atoms with Crippen molar-refractivity contribution in [2.45, 2.75) is 6.04 Å². The monoisotopic (exact) mass is 376 g/mol. The number of piperidine rings is 1. The summed E-state index contributed by atoms with van der Waals surface area (Å²) in [6.07, 6.45) is 1.74. The van der Waals surface area contributed by atoms with Crippen LogP contribution in [0.5, 0.6) is 0 Å². The van der Waals surface area contributed by atoms with Crippen molar-refractivity contribution in [3.63, 3.8) is 0 Å². The first kappa shape index (κ1) is 17.0. The average Bonchev–Trinajstić information content (AvgIpc) is 3.15. The minimum absolute atomic E-state index is 0.131. The third-order valence-electron chi connectivity index (χ3n) is 5.79. The number of benzene rings is 2. The number of para-hydroxylation sites is 1. The Kier molecular flexibility index (Phi) is 4.11. The SMILES string of the molecule is O=C(CNc1ccccc1)N1CC2C(C1)C2Nc1ccnc2ccc(F)cc12. The van der Waals surface area contributed by atoms with Gasteiger partial charge in [0, 0.05) is 53.9 Å². The van der Waals surface area contributed by atoms with Crippen molar-refractivity contribution in [2.75, 3.05) is 30.3 Å². The van der Waals surface area contributed by atoms with Crippen LogP contribution in [0.2, 0.25) is 0 Å². The van der Waals surface area contributed by atoms with Gasteiger partial charge >= 0.3 is 0 Å². The number of likely N-dealkylation sites (tertiary alicyclic amines) is 1. The summed E-state index contributed by atoms with van der Waals surface area (Å²) in [5.74, 6) is 0.781. The number of aromatic nitrogens is 1. The van der Waals surface area contributed by atoms with Crippen molar-refractivity contribution in [3.05, 3.63) is 66.6 Å². The molecule has 2 aliphatic rings. The van der Waals surface area contributed by atoms with Crippen molar-refractivity contribution in [3.8, 4) is 0 Å². The van der Waals surface area contributed by atoms with Gasteiger partial charge in [0.2, 0.25) is 5.91 Å². The molecule has 142 valence electrons. The third kappa shape index (κ3) is 3.15. The number of anilines is 2. The lowest BCUT2D eigenvalue weighted by atomic mass is 10.2. The van der Waals surface area contributed by atoms with E-state index in [1.165, 1.54) is 12.1 Å². The number of pyridine rings is 1. The van der Waals surface area contributed by atoms with E-state index in [2.05, 4.69) is 15.6 Å². The standard InChI is InChI=1S/C22H21FN4O/c23-14-6-7-19-16(10-14)20(8-9-24-19)26-22-17-12-27(13-18(17)22)21(28)11-25-15-4-2-1-3-5-15/h1-10,17-18,22,25H,11-13H2,(H,24,26). The van der Waals surface area contributed by atoms with Crippen LogP contribution in [0.25, 0.3) is 10.9 Å². The van der Waals surface area contributed by atoms with E-state index >= 15 is 0 Å². The fraction of sp³-hybridized carbons (Fsp3) is 0.273. The molecule has 1 aromatic heterocycles. The average molecular weight is 376 g/mol. The van der Waals surface area contributed by atoms with Crippen LogP contribution in [0.3, 0.4) is 0 Å². The highest BCUT2D eigenvalue weighted by Crippen LogP contribution is 2.47. The Hall–Kier alpha value is -3.15. The fourth-order valence-corrected chi connectivity index (χ4v) is 4.21. The molecule has 1 saturated carbocycles. The Balaban J connectivity index is 1.18. The van der Waals surface area contributed by atoms with E-state index in [1.54, 1.807) is 12.3 Å². The molecule has 2 heterocycles. The quantitative estimate of drug-likeness (QED) is 0.717. The van der Waals surface area contributed by atoms with Crippen molar-refractivity contribution in [1.82, 2.24) is 9.88 Å². The van der Waals surface area contributed by atoms with Gasteiger partial charge in [0.1, 0.15) is 5.82 Å². The molecule has 2 N–H and O–H groups in total. The Morgan fingerprint density at radius 2 is 1.89 bits per heavy atom. The van der Waals surface area contributed by atoms with E-state index in [4.69, 9.17) is 0 Å². The molecule has 5 rings (SSSR count). The number of hydrogen-bond acceptors (Lipinski definition) is 4. The summed E-state index contributed by atoms with van der Waals surface area (Å²) in [4.78, 5) is 18.7. The lowest BCUT2D eigenvalue weighted by Crippen LogP contribution is -2.37. The summed E-state index contributed by atoms with van der Waals surface area (Å²) in [7, 11) is 0. The van der Waals surface area contributed by atoms with Gasteiger partial charge < -0.3 is 15.5 Å². The Labute approximate surface area is 162 Å². The molecule has 1 saturated heterocycles. The molecule has 5 nitrogen and oxygen atoms in total. The van der Waals surface area contributed by atoms with Gasteiger partial charge in [0.05, 0.1) is 12.1 Å². The van der Waals surface area contributed by atoms with E-state index in [0.29, 0.717) is 24.4 Å². The maximum Gasteiger partial charge on any atom is 0.241 e. The molecule has 3 aromatic rings. The van der Waals surface area contributed by atoms with Crippen LogP contribution < -0.4 is 10.6 Å². The van der Waals surface area contributed by atoms with E-state index in [0.717, 1.165) is 35.4 Å². The summed E-state index contributed by atoms with van der Waals surface area (Å²) in [5, 5.41) is 7.52. The zero-order valence-corrected chi connectivity index (χ0v) is 15.3. The molecule has 2 unspecified atom stereocenters. The van der Waals surface area contributed by atoms with Crippen LogP contribution in [-0.2, 0) is 4.79 Å². The van der Waals surface area contributed by atoms with Crippen molar-refractivity contribution >= 4 is 28.2 Å². The first-order chi connectivity index (χ1) is 13.7. The molecule has 1 amide bonds. The van der Waals surface area contributed by atoms with Gasteiger partial charge in [-0.2, -0.15) is 0 Å². The second-order valence-corrected chi connectivity index (χ2v) is 7.54. The zero-order valence-electron chi connectivity index (χ0n) is 15.3. The predicted molar refractivity (Wildman–Crippen MR) is 108 cm³/mol. The fourth-order valence-electron chi connectivity index (χ4n) is 4.21. The Bertz CT molecular complexity index is 1010. The van der Waals surface area contributed by atoms with Crippen molar-refractivity contribution < 1.29 is 9.18 Å². The van der Waals surface area contributed by atoms with Gasteiger partial charge in [0.15, 0.2) is 0 Å². The summed E-state index contributed by atoms with van der Waals surface area (Å²) in [6.45, 7) is 1.86. The van der Waals surface area contributed by atoms with Gasteiger partial charge in [0.25, 0.3) is 0 Å². The predicted octanol–water partition coefficient (Wildman–Crippen LogP) is 3.35. The summed E-state index contributed by atoms with van der Waals surface area (Å²) in [5.41, 5.74) is 2.64. The molecule has 0 spiro atoms.